The van der Waals surface area contributed by atoms with Crippen molar-refractivity contribution < 1.29 is 9.59 Å². The second kappa shape index (κ2) is 5.87. The maximum Gasteiger partial charge on any atom is 0.227 e. The van der Waals surface area contributed by atoms with E-state index >= 15 is 0 Å². The van der Waals surface area contributed by atoms with Crippen LogP contribution in [-0.2, 0) is 22.7 Å². The van der Waals surface area contributed by atoms with Crippen molar-refractivity contribution in [2.45, 2.75) is 39.3 Å². The second-order valence-electron chi connectivity index (χ2n) is 5.91. The lowest BCUT2D eigenvalue weighted by atomic mass is 9.95. The van der Waals surface area contributed by atoms with Crippen LogP contribution in [0.3, 0.4) is 0 Å². The van der Waals surface area contributed by atoms with Gasteiger partial charge < -0.3 is 14.4 Å². The van der Waals surface area contributed by atoms with Crippen LogP contribution in [0, 0.1) is 5.92 Å². The van der Waals surface area contributed by atoms with Gasteiger partial charge in [-0.25, -0.2) is 4.98 Å². The number of piperidine rings is 1. The van der Waals surface area contributed by atoms with Crippen LogP contribution in [0.25, 0.3) is 0 Å². The van der Waals surface area contributed by atoms with Crippen LogP contribution >= 0.6 is 0 Å². The van der Waals surface area contributed by atoms with Gasteiger partial charge in [0.25, 0.3) is 0 Å². The van der Waals surface area contributed by atoms with Crippen molar-refractivity contribution in [3.63, 3.8) is 0 Å². The van der Waals surface area contributed by atoms with Crippen LogP contribution in [0.2, 0.25) is 0 Å². The minimum atomic E-state index is -0.0382. The van der Waals surface area contributed by atoms with E-state index in [0.29, 0.717) is 25.9 Å². The minimum absolute atomic E-state index is 0.0382. The SMILES string of the molecule is CCCN1CC(C(=O)N2CCn3cncc3C2)CCC1=O. The fourth-order valence-corrected chi connectivity index (χ4v) is 3.23. The Kier molecular flexibility index (Phi) is 3.94. The number of likely N-dealkylation sites (tertiary alicyclic amines) is 1. The first-order valence-corrected chi connectivity index (χ1v) is 7.74. The monoisotopic (exact) mass is 290 g/mol. The van der Waals surface area contributed by atoms with E-state index in [0.717, 1.165) is 31.7 Å². The van der Waals surface area contributed by atoms with Crippen molar-refractivity contribution in [2.24, 2.45) is 5.92 Å². The van der Waals surface area contributed by atoms with Gasteiger partial charge in [-0.05, 0) is 12.8 Å². The summed E-state index contributed by atoms with van der Waals surface area (Å²) in [5.41, 5.74) is 1.09. The maximum atomic E-state index is 12.7. The molecule has 0 saturated carbocycles. The molecule has 1 aromatic rings. The van der Waals surface area contributed by atoms with Crippen molar-refractivity contribution in [3.8, 4) is 0 Å². The van der Waals surface area contributed by atoms with Crippen molar-refractivity contribution in [1.29, 1.82) is 0 Å². The van der Waals surface area contributed by atoms with Crippen LogP contribution in [0.4, 0.5) is 0 Å². The average Bonchev–Trinajstić information content (AvgIpc) is 2.96. The molecule has 0 bridgehead atoms. The van der Waals surface area contributed by atoms with Crippen LogP contribution in [-0.4, -0.2) is 50.8 Å². The highest BCUT2D eigenvalue weighted by Crippen LogP contribution is 2.22. The number of rotatable bonds is 3. The number of fused-ring (bicyclic) bond motifs is 1. The Morgan fingerprint density at radius 3 is 3.10 bits per heavy atom. The van der Waals surface area contributed by atoms with Gasteiger partial charge in [-0.15, -0.1) is 0 Å². The highest BCUT2D eigenvalue weighted by molar-refractivity contribution is 5.84. The van der Waals surface area contributed by atoms with Gasteiger partial charge >= 0.3 is 0 Å². The first-order valence-electron chi connectivity index (χ1n) is 7.74. The molecule has 114 valence electrons. The van der Waals surface area contributed by atoms with E-state index in [1.807, 2.05) is 22.3 Å². The number of aromatic nitrogens is 2. The molecule has 2 aliphatic rings. The van der Waals surface area contributed by atoms with Gasteiger partial charge in [0.2, 0.25) is 11.8 Å². The zero-order valence-corrected chi connectivity index (χ0v) is 12.5. The largest absolute Gasteiger partial charge is 0.342 e. The number of imidazole rings is 1. The molecule has 1 fully saturated rings. The molecule has 1 atom stereocenters. The molecule has 21 heavy (non-hydrogen) atoms. The van der Waals surface area contributed by atoms with E-state index in [9.17, 15) is 9.59 Å². The van der Waals surface area contributed by atoms with Crippen molar-refractivity contribution in [2.75, 3.05) is 19.6 Å². The number of hydrogen-bond acceptors (Lipinski definition) is 3. The minimum Gasteiger partial charge on any atom is -0.342 e. The first-order chi connectivity index (χ1) is 10.2. The summed E-state index contributed by atoms with van der Waals surface area (Å²) >= 11 is 0. The summed E-state index contributed by atoms with van der Waals surface area (Å²) < 4.78 is 2.09. The van der Waals surface area contributed by atoms with E-state index < -0.39 is 0 Å². The van der Waals surface area contributed by atoms with Gasteiger partial charge in [0.05, 0.1) is 24.5 Å². The van der Waals surface area contributed by atoms with E-state index in [1.165, 1.54) is 0 Å². The molecule has 3 heterocycles. The normalized spacial score (nSPS) is 22.3. The summed E-state index contributed by atoms with van der Waals surface area (Å²) in [7, 11) is 0. The highest BCUT2D eigenvalue weighted by atomic mass is 16.2. The number of hydrogen-bond donors (Lipinski definition) is 0. The van der Waals surface area contributed by atoms with Crippen LogP contribution in [0.5, 0.6) is 0 Å². The van der Waals surface area contributed by atoms with E-state index in [-0.39, 0.29) is 17.7 Å². The van der Waals surface area contributed by atoms with E-state index in [4.69, 9.17) is 0 Å². The third-order valence-corrected chi connectivity index (χ3v) is 4.42. The van der Waals surface area contributed by atoms with Gasteiger partial charge in [0.1, 0.15) is 0 Å². The number of amides is 2. The molecular formula is C15H22N4O2. The summed E-state index contributed by atoms with van der Waals surface area (Å²) in [5.74, 6) is 0.345. The third kappa shape index (κ3) is 2.80. The molecule has 1 aromatic heterocycles. The summed E-state index contributed by atoms with van der Waals surface area (Å²) in [6.07, 6.45) is 5.78. The molecule has 6 heteroatoms. The molecule has 0 N–H and O–H groups in total. The molecule has 2 amide bonds. The lowest BCUT2D eigenvalue weighted by Gasteiger charge is -2.36. The Bertz CT molecular complexity index is 540. The fraction of sp³-hybridized carbons (Fsp3) is 0.667. The molecule has 2 aliphatic heterocycles. The number of carbonyl (C=O) groups excluding carboxylic acids is 2. The van der Waals surface area contributed by atoms with Crippen molar-refractivity contribution in [3.05, 3.63) is 18.2 Å². The van der Waals surface area contributed by atoms with Gasteiger partial charge in [-0.3, -0.25) is 9.59 Å². The molecule has 1 unspecified atom stereocenters. The Morgan fingerprint density at radius 1 is 1.43 bits per heavy atom. The van der Waals surface area contributed by atoms with Gasteiger partial charge in [-0.1, -0.05) is 6.92 Å². The standard InChI is InChI=1S/C15H22N4O2/c1-2-5-17-9-12(3-4-14(17)20)15(21)18-6-7-19-11-16-8-13(19)10-18/h8,11-12H,2-7,9-10H2,1H3. The first kappa shape index (κ1) is 14.1. The van der Waals surface area contributed by atoms with Crippen molar-refractivity contribution >= 4 is 11.8 Å². The van der Waals surface area contributed by atoms with Crippen LogP contribution in [0.15, 0.2) is 12.5 Å². The average molecular weight is 290 g/mol. The smallest absolute Gasteiger partial charge is 0.227 e. The Hall–Kier alpha value is -1.85. The van der Waals surface area contributed by atoms with Gasteiger partial charge in [0.15, 0.2) is 0 Å². The molecule has 0 aromatic carbocycles. The topological polar surface area (TPSA) is 58.4 Å². The Labute approximate surface area is 124 Å². The molecule has 3 rings (SSSR count). The zero-order valence-electron chi connectivity index (χ0n) is 12.5. The van der Waals surface area contributed by atoms with E-state index in [2.05, 4.69) is 16.5 Å². The predicted octanol–water partition coefficient (Wildman–Crippen LogP) is 0.874. The fourth-order valence-electron chi connectivity index (χ4n) is 3.23. The predicted molar refractivity (Wildman–Crippen MR) is 77.2 cm³/mol. The molecule has 1 saturated heterocycles. The summed E-state index contributed by atoms with van der Waals surface area (Å²) in [4.78, 5) is 32.4. The summed E-state index contributed by atoms with van der Waals surface area (Å²) in [6.45, 7) is 5.59. The molecule has 0 aliphatic carbocycles. The lowest BCUT2D eigenvalue weighted by molar-refractivity contribution is -0.144. The Morgan fingerprint density at radius 2 is 2.29 bits per heavy atom. The third-order valence-electron chi connectivity index (χ3n) is 4.42. The number of carbonyl (C=O) groups is 2. The van der Waals surface area contributed by atoms with Gasteiger partial charge in [-0.2, -0.15) is 0 Å². The highest BCUT2D eigenvalue weighted by Gasteiger charge is 2.33. The zero-order chi connectivity index (χ0) is 14.8. The maximum absolute atomic E-state index is 12.7. The molecule has 0 spiro atoms. The molecule has 6 nitrogen and oxygen atoms in total. The Balaban J connectivity index is 1.64. The van der Waals surface area contributed by atoms with Crippen molar-refractivity contribution in [1.82, 2.24) is 19.4 Å². The summed E-state index contributed by atoms with van der Waals surface area (Å²) in [6, 6.07) is 0. The molecular weight excluding hydrogens is 268 g/mol. The van der Waals surface area contributed by atoms with Crippen LogP contribution < -0.4 is 0 Å². The van der Waals surface area contributed by atoms with Crippen LogP contribution in [0.1, 0.15) is 31.9 Å². The number of nitrogens with zero attached hydrogens (tertiary/aromatic N) is 4. The van der Waals surface area contributed by atoms with Gasteiger partial charge in [0, 0.05) is 38.8 Å². The summed E-state index contributed by atoms with van der Waals surface area (Å²) in [5, 5.41) is 0. The molecule has 0 radical (unpaired) electrons. The lowest BCUT2D eigenvalue weighted by Crippen LogP contribution is -2.48. The van der Waals surface area contributed by atoms with E-state index in [1.54, 1.807) is 0 Å². The second-order valence-corrected chi connectivity index (χ2v) is 5.91. The quantitative estimate of drug-likeness (QED) is 0.830.